The summed E-state index contributed by atoms with van der Waals surface area (Å²) in [6, 6.07) is 10.5. The second kappa shape index (κ2) is 7.32. The van der Waals surface area contributed by atoms with Crippen molar-refractivity contribution in [2.24, 2.45) is 0 Å². The van der Waals surface area contributed by atoms with E-state index in [0.29, 0.717) is 11.9 Å². The first-order valence-corrected chi connectivity index (χ1v) is 7.54. The summed E-state index contributed by atoms with van der Waals surface area (Å²) < 4.78 is 5.43. The Bertz CT molecular complexity index is 589. The van der Waals surface area contributed by atoms with Crippen molar-refractivity contribution in [2.75, 3.05) is 19.1 Å². The summed E-state index contributed by atoms with van der Waals surface area (Å²) >= 11 is 6.00. The van der Waals surface area contributed by atoms with Crippen molar-refractivity contribution in [3.8, 4) is 5.75 Å². The van der Waals surface area contributed by atoms with Crippen molar-refractivity contribution >= 4 is 17.3 Å². The van der Waals surface area contributed by atoms with Crippen LogP contribution in [-0.4, -0.2) is 25.2 Å². The molecule has 1 atom stereocenters. The third-order valence-corrected chi connectivity index (χ3v) is 4.06. The summed E-state index contributed by atoms with van der Waals surface area (Å²) in [5.41, 5.74) is 3.39. The highest BCUT2D eigenvalue weighted by Crippen LogP contribution is 2.25. The first kappa shape index (κ1) is 15.6. The minimum Gasteiger partial charge on any atom is -0.496 e. The number of rotatable bonds is 6. The zero-order chi connectivity index (χ0) is 15.2. The summed E-state index contributed by atoms with van der Waals surface area (Å²) in [6.45, 7) is 2.20. The molecular weight excluding hydrogens is 284 g/mol. The van der Waals surface area contributed by atoms with Gasteiger partial charge >= 0.3 is 0 Å². The van der Waals surface area contributed by atoms with E-state index in [4.69, 9.17) is 16.3 Å². The number of benzene rings is 1. The van der Waals surface area contributed by atoms with Gasteiger partial charge < -0.3 is 9.64 Å². The normalized spacial score (nSPS) is 12.0. The smallest absolute Gasteiger partial charge is 0.122 e. The van der Waals surface area contributed by atoms with Crippen molar-refractivity contribution in [2.45, 2.75) is 25.3 Å². The Labute approximate surface area is 131 Å². The zero-order valence-corrected chi connectivity index (χ0v) is 13.5. The Balaban J connectivity index is 2.17. The number of anilines is 1. The third-order valence-electron chi connectivity index (χ3n) is 3.77. The van der Waals surface area contributed by atoms with Crippen molar-refractivity contribution in [3.63, 3.8) is 0 Å². The van der Waals surface area contributed by atoms with Crippen LogP contribution >= 0.6 is 11.6 Å². The molecule has 2 aromatic rings. The number of halogens is 1. The van der Waals surface area contributed by atoms with Crippen LogP contribution in [0.25, 0.3) is 0 Å². The molecule has 1 aromatic heterocycles. The average Bonchev–Trinajstić information content (AvgIpc) is 2.54. The van der Waals surface area contributed by atoms with Gasteiger partial charge in [-0.05, 0) is 31.0 Å². The van der Waals surface area contributed by atoms with Gasteiger partial charge in [-0.25, -0.2) is 0 Å². The van der Waals surface area contributed by atoms with Gasteiger partial charge in [-0.3, -0.25) is 4.98 Å². The van der Waals surface area contributed by atoms with E-state index in [1.165, 1.54) is 5.56 Å². The van der Waals surface area contributed by atoms with E-state index in [-0.39, 0.29) is 0 Å². The quantitative estimate of drug-likeness (QED) is 0.757. The van der Waals surface area contributed by atoms with Crippen LogP contribution in [0.1, 0.15) is 18.1 Å². The second-order valence-corrected chi connectivity index (χ2v) is 5.38. The minimum absolute atomic E-state index is 0.325. The maximum Gasteiger partial charge on any atom is 0.122 e. The SMILES string of the molecule is COc1ccccc1CC(C)N(C)c1ccncc1CCl. The van der Waals surface area contributed by atoms with Crippen molar-refractivity contribution in [1.29, 1.82) is 0 Å². The molecule has 0 saturated carbocycles. The van der Waals surface area contributed by atoms with E-state index in [1.807, 2.05) is 30.5 Å². The molecule has 0 aliphatic heterocycles. The topological polar surface area (TPSA) is 25.4 Å². The number of hydrogen-bond donors (Lipinski definition) is 0. The molecule has 0 aliphatic rings. The van der Waals surface area contributed by atoms with Gasteiger partial charge in [0.1, 0.15) is 5.75 Å². The van der Waals surface area contributed by atoms with Gasteiger partial charge in [0.05, 0.1) is 13.0 Å². The van der Waals surface area contributed by atoms with Gasteiger partial charge in [-0.2, -0.15) is 0 Å². The first-order chi connectivity index (χ1) is 10.2. The van der Waals surface area contributed by atoms with Crippen LogP contribution in [0.4, 0.5) is 5.69 Å². The van der Waals surface area contributed by atoms with E-state index in [1.54, 1.807) is 13.3 Å². The minimum atomic E-state index is 0.325. The molecule has 0 saturated heterocycles. The zero-order valence-electron chi connectivity index (χ0n) is 12.7. The predicted octanol–water partition coefficient (Wildman–Crippen LogP) is 3.90. The molecule has 2 rings (SSSR count). The molecule has 21 heavy (non-hydrogen) atoms. The van der Waals surface area contributed by atoms with Crippen LogP contribution in [0.2, 0.25) is 0 Å². The summed E-state index contributed by atoms with van der Waals surface area (Å²) in [4.78, 5) is 6.38. The number of hydrogen-bond acceptors (Lipinski definition) is 3. The molecule has 0 amide bonds. The molecule has 1 heterocycles. The number of aromatic nitrogens is 1. The Kier molecular flexibility index (Phi) is 5.45. The van der Waals surface area contributed by atoms with Crippen LogP contribution in [-0.2, 0) is 12.3 Å². The molecule has 0 bridgehead atoms. The summed E-state index contributed by atoms with van der Waals surface area (Å²) in [5, 5.41) is 0. The molecule has 1 unspecified atom stereocenters. The van der Waals surface area contributed by atoms with Crippen molar-refractivity contribution in [3.05, 3.63) is 53.9 Å². The van der Waals surface area contributed by atoms with Crippen LogP contribution in [0.15, 0.2) is 42.7 Å². The maximum absolute atomic E-state index is 6.00. The van der Waals surface area contributed by atoms with Gasteiger partial charge in [-0.15, -0.1) is 11.6 Å². The number of ether oxygens (including phenoxy) is 1. The molecule has 112 valence electrons. The standard InChI is InChI=1S/C17H21ClN2O/c1-13(10-14-6-4-5-7-17(14)21-3)20(2)16-8-9-19-12-15(16)11-18/h4-9,12-13H,10-11H2,1-3H3. The van der Waals surface area contributed by atoms with Gasteiger partial charge in [0.25, 0.3) is 0 Å². The van der Waals surface area contributed by atoms with E-state index in [2.05, 4.69) is 29.9 Å². The number of pyridine rings is 1. The highest BCUT2D eigenvalue weighted by atomic mass is 35.5. The molecule has 0 spiro atoms. The van der Waals surface area contributed by atoms with Crippen molar-refractivity contribution < 1.29 is 4.74 Å². The largest absolute Gasteiger partial charge is 0.496 e. The van der Waals surface area contributed by atoms with Crippen LogP contribution in [0, 0.1) is 0 Å². The summed E-state index contributed by atoms with van der Waals surface area (Å²) in [5.74, 6) is 1.40. The first-order valence-electron chi connectivity index (χ1n) is 7.01. The average molecular weight is 305 g/mol. The summed E-state index contributed by atoms with van der Waals surface area (Å²) in [7, 11) is 3.80. The Morgan fingerprint density at radius 1 is 1.24 bits per heavy atom. The fourth-order valence-corrected chi connectivity index (χ4v) is 2.64. The summed E-state index contributed by atoms with van der Waals surface area (Å²) in [6.07, 6.45) is 4.54. The molecule has 0 aliphatic carbocycles. The van der Waals surface area contributed by atoms with Crippen LogP contribution < -0.4 is 9.64 Å². The Morgan fingerprint density at radius 3 is 2.71 bits per heavy atom. The van der Waals surface area contributed by atoms with Gasteiger partial charge in [0, 0.05) is 36.7 Å². The number of para-hydroxylation sites is 1. The van der Waals surface area contributed by atoms with Crippen LogP contribution in [0.5, 0.6) is 5.75 Å². The van der Waals surface area contributed by atoms with E-state index >= 15 is 0 Å². The van der Waals surface area contributed by atoms with E-state index in [0.717, 1.165) is 23.4 Å². The van der Waals surface area contributed by atoms with Crippen LogP contribution in [0.3, 0.4) is 0 Å². The highest BCUT2D eigenvalue weighted by molar-refractivity contribution is 6.17. The molecule has 4 heteroatoms. The Morgan fingerprint density at radius 2 is 2.00 bits per heavy atom. The van der Waals surface area contributed by atoms with Gasteiger partial charge in [0.15, 0.2) is 0 Å². The molecule has 0 radical (unpaired) electrons. The molecule has 0 fully saturated rings. The van der Waals surface area contributed by atoms with Gasteiger partial charge in [0.2, 0.25) is 0 Å². The van der Waals surface area contributed by atoms with Crippen molar-refractivity contribution in [1.82, 2.24) is 4.98 Å². The van der Waals surface area contributed by atoms with E-state index < -0.39 is 0 Å². The fraction of sp³-hybridized carbons (Fsp3) is 0.353. The number of alkyl halides is 1. The third kappa shape index (κ3) is 3.67. The molecule has 3 nitrogen and oxygen atoms in total. The lowest BCUT2D eigenvalue weighted by Crippen LogP contribution is -2.31. The van der Waals surface area contributed by atoms with E-state index in [9.17, 15) is 0 Å². The number of likely N-dealkylation sites (N-methyl/N-ethyl adjacent to an activating group) is 1. The number of nitrogens with zero attached hydrogens (tertiary/aromatic N) is 2. The molecule has 1 aromatic carbocycles. The second-order valence-electron chi connectivity index (χ2n) is 5.11. The lowest BCUT2D eigenvalue weighted by atomic mass is 10.0. The lowest BCUT2D eigenvalue weighted by molar-refractivity contribution is 0.408. The Hall–Kier alpha value is -1.74. The predicted molar refractivity (Wildman–Crippen MR) is 88.4 cm³/mol. The monoisotopic (exact) mass is 304 g/mol. The molecular formula is C17H21ClN2O. The lowest BCUT2D eigenvalue weighted by Gasteiger charge is -2.29. The highest BCUT2D eigenvalue weighted by Gasteiger charge is 2.15. The number of methoxy groups -OCH3 is 1. The fourth-order valence-electron chi connectivity index (χ4n) is 2.43. The molecule has 0 N–H and O–H groups in total. The van der Waals surface area contributed by atoms with Gasteiger partial charge in [-0.1, -0.05) is 18.2 Å². The maximum atomic E-state index is 6.00.